The maximum absolute atomic E-state index is 12.9. The summed E-state index contributed by atoms with van der Waals surface area (Å²) < 4.78 is 1.75. The summed E-state index contributed by atoms with van der Waals surface area (Å²) in [5.41, 5.74) is 3.85. The van der Waals surface area contributed by atoms with Crippen LogP contribution in [-0.4, -0.2) is 35.3 Å². The summed E-state index contributed by atoms with van der Waals surface area (Å²) in [7, 11) is 1.87. The van der Waals surface area contributed by atoms with Crippen LogP contribution in [0.4, 0.5) is 5.69 Å². The fourth-order valence-electron chi connectivity index (χ4n) is 3.66. The number of carbonyl (C=O) groups is 1. The Morgan fingerprint density at radius 2 is 2.14 bits per heavy atom. The first-order chi connectivity index (χ1) is 10.6. The second kappa shape index (κ2) is 4.95. The van der Waals surface area contributed by atoms with Crippen molar-refractivity contribution in [3.8, 4) is 0 Å². The van der Waals surface area contributed by atoms with Crippen LogP contribution in [0.25, 0.3) is 0 Å². The molecule has 0 spiro atoms. The van der Waals surface area contributed by atoms with Gasteiger partial charge in [0.05, 0.1) is 0 Å². The second-order valence-corrected chi connectivity index (χ2v) is 6.29. The summed E-state index contributed by atoms with van der Waals surface area (Å²) in [6, 6.07) is 10.1. The number of para-hydroxylation sites is 1. The van der Waals surface area contributed by atoms with Gasteiger partial charge in [0.25, 0.3) is 5.91 Å². The number of amides is 1. The van der Waals surface area contributed by atoms with Gasteiger partial charge in [-0.25, -0.2) is 0 Å². The van der Waals surface area contributed by atoms with Crippen molar-refractivity contribution < 1.29 is 4.79 Å². The molecule has 5 nitrogen and oxygen atoms in total. The van der Waals surface area contributed by atoms with Crippen LogP contribution in [0, 0.1) is 12.8 Å². The van der Waals surface area contributed by atoms with Gasteiger partial charge in [0, 0.05) is 44.0 Å². The molecule has 1 amide bonds. The highest BCUT2D eigenvalue weighted by atomic mass is 16.2. The van der Waals surface area contributed by atoms with Crippen molar-refractivity contribution in [3.63, 3.8) is 0 Å². The molecule has 5 heteroatoms. The van der Waals surface area contributed by atoms with Crippen molar-refractivity contribution in [2.75, 3.05) is 24.5 Å². The van der Waals surface area contributed by atoms with E-state index in [-0.39, 0.29) is 5.91 Å². The molecule has 1 saturated heterocycles. The molecule has 2 unspecified atom stereocenters. The minimum atomic E-state index is 0.00139. The van der Waals surface area contributed by atoms with Crippen LogP contribution in [0.2, 0.25) is 0 Å². The van der Waals surface area contributed by atoms with Gasteiger partial charge < -0.3 is 10.2 Å². The normalized spacial score (nSPS) is 23.3. The lowest BCUT2D eigenvalue weighted by Gasteiger charge is -2.36. The maximum atomic E-state index is 12.9. The summed E-state index contributed by atoms with van der Waals surface area (Å²) in [5, 5.41) is 7.81. The smallest absolute Gasteiger partial charge is 0.278 e. The van der Waals surface area contributed by atoms with E-state index < -0.39 is 0 Å². The van der Waals surface area contributed by atoms with Crippen LogP contribution >= 0.6 is 0 Å². The molecule has 2 aliphatic heterocycles. The summed E-state index contributed by atoms with van der Waals surface area (Å²) >= 11 is 0. The standard InChI is InChI=1S/C17H20N4O/c1-11-7-15(19-20(11)2)17(22)21-10-12-8-18-9-14(12)13-5-3-4-6-16(13)21/h3-7,12,14,18H,8-10H2,1-2H3. The van der Waals surface area contributed by atoms with E-state index in [4.69, 9.17) is 0 Å². The number of benzene rings is 1. The Bertz CT molecular complexity index is 717. The van der Waals surface area contributed by atoms with Crippen LogP contribution < -0.4 is 10.2 Å². The SMILES string of the molecule is Cc1cc(C(=O)N2CC3CNCC3c3ccccc32)nn1C. The van der Waals surface area contributed by atoms with Crippen LogP contribution in [0.3, 0.4) is 0 Å². The molecule has 1 N–H and O–H groups in total. The number of nitrogens with zero attached hydrogens (tertiary/aromatic N) is 3. The highest BCUT2D eigenvalue weighted by Crippen LogP contribution is 2.40. The summed E-state index contributed by atoms with van der Waals surface area (Å²) in [6.45, 7) is 4.71. The van der Waals surface area contributed by atoms with Crippen molar-refractivity contribution in [2.24, 2.45) is 13.0 Å². The first kappa shape index (κ1) is 13.5. The Labute approximate surface area is 129 Å². The van der Waals surface area contributed by atoms with Gasteiger partial charge in [-0.05, 0) is 30.5 Å². The molecule has 0 saturated carbocycles. The third-order valence-electron chi connectivity index (χ3n) is 4.96. The van der Waals surface area contributed by atoms with Gasteiger partial charge in [0.2, 0.25) is 0 Å². The van der Waals surface area contributed by atoms with E-state index in [1.807, 2.05) is 31.0 Å². The average Bonchev–Trinajstić information content (AvgIpc) is 3.13. The molecule has 2 aromatic rings. The molecule has 114 valence electrons. The lowest BCUT2D eigenvalue weighted by atomic mass is 9.83. The van der Waals surface area contributed by atoms with Crippen LogP contribution in [0.1, 0.15) is 27.7 Å². The number of hydrogen-bond acceptors (Lipinski definition) is 3. The van der Waals surface area contributed by atoms with Gasteiger partial charge in [-0.15, -0.1) is 0 Å². The fraction of sp³-hybridized carbons (Fsp3) is 0.412. The monoisotopic (exact) mass is 296 g/mol. The van der Waals surface area contributed by atoms with Crippen molar-refractivity contribution in [1.29, 1.82) is 0 Å². The number of nitrogens with one attached hydrogen (secondary N) is 1. The lowest BCUT2D eigenvalue weighted by Crippen LogP contribution is -2.41. The largest absolute Gasteiger partial charge is 0.316 e. The van der Waals surface area contributed by atoms with Crippen molar-refractivity contribution in [1.82, 2.24) is 15.1 Å². The van der Waals surface area contributed by atoms with E-state index in [9.17, 15) is 4.79 Å². The zero-order chi connectivity index (χ0) is 15.3. The zero-order valence-electron chi connectivity index (χ0n) is 12.9. The predicted molar refractivity (Wildman–Crippen MR) is 85.2 cm³/mol. The number of aryl methyl sites for hydroxylation is 2. The molecule has 2 aliphatic rings. The molecule has 3 heterocycles. The molecule has 0 radical (unpaired) electrons. The topological polar surface area (TPSA) is 50.2 Å². The number of fused-ring (bicyclic) bond motifs is 3. The van der Waals surface area contributed by atoms with Crippen LogP contribution in [0.5, 0.6) is 0 Å². The van der Waals surface area contributed by atoms with Gasteiger partial charge in [-0.2, -0.15) is 5.10 Å². The Balaban J connectivity index is 1.75. The third-order valence-corrected chi connectivity index (χ3v) is 4.96. The van der Waals surface area contributed by atoms with E-state index in [1.54, 1.807) is 4.68 Å². The maximum Gasteiger partial charge on any atom is 0.278 e. The molecule has 2 atom stereocenters. The Morgan fingerprint density at radius 1 is 1.32 bits per heavy atom. The second-order valence-electron chi connectivity index (χ2n) is 6.29. The third kappa shape index (κ3) is 1.96. The molecule has 4 rings (SSSR count). The Hall–Kier alpha value is -2.14. The quantitative estimate of drug-likeness (QED) is 0.871. The first-order valence-corrected chi connectivity index (χ1v) is 7.77. The fourth-order valence-corrected chi connectivity index (χ4v) is 3.66. The van der Waals surface area contributed by atoms with E-state index in [0.717, 1.165) is 31.0 Å². The molecule has 0 bridgehead atoms. The Morgan fingerprint density at radius 3 is 2.91 bits per heavy atom. The minimum absolute atomic E-state index is 0.00139. The molecular weight excluding hydrogens is 276 g/mol. The molecule has 22 heavy (non-hydrogen) atoms. The van der Waals surface area contributed by atoms with Crippen molar-refractivity contribution in [2.45, 2.75) is 12.8 Å². The number of rotatable bonds is 1. The summed E-state index contributed by atoms with van der Waals surface area (Å²) in [5.74, 6) is 1.01. The van der Waals surface area contributed by atoms with Gasteiger partial charge in [0.1, 0.15) is 0 Å². The van der Waals surface area contributed by atoms with Crippen LogP contribution in [0.15, 0.2) is 30.3 Å². The van der Waals surface area contributed by atoms with E-state index in [2.05, 4.69) is 28.6 Å². The molecule has 0 aliphatic carbocycles. The zero-order valence-corrected chi connectivity index (χ0v) is 12.9. The van der Waals surface area contributed by atoms with Crippen molar-refractivity contribution >= 4 is 11.6 Å². The van der Waals surface area contributed by atoms with Gasteiger partial charge in [-0.1, -0.05) is 18.2 Å². The predicted octanol–water partition coefficient (Wildman–Crippen LogP) is 1.69. The van der Waals surface area contributed by atoms with Gasteiger partial charge >= 0.3 is 0 Å². The first-order valence-electron chi connectivity index (χ1n) is 7.77. The van der Waals surface area contributed by atoms with E-state index in [1.165, 1.54) is 5.56 Å². The lowest BCUT2D eigenvalue weighted by molar-refractivity contribution is 0.0974. The molecular formula is C17H20N4O. The van der Waals surface area contributed by atoms with Gasteiger partial charge in [-0.3, -0.25) is 9.48 Å². The van der Waals surface area contributed by atoms with Crippen molar-refractivity contribution in [3.05, 3.63) is 47.3 Å². The molecule has 1 aromatic heterocycles. The van der Waals surface area contributed by atoms with Crippen LogP contribution in [-0.2, 0) is 7.05 Å². The molecule has 1 fully saturated rings. The minimum Gasteiger partial charge on any atom is -0.316 e. The number of aromatic nitrogens is 2. The van der Waals surface area contributed by atoms with Gasteiger partial charge in [0.15, 0.2) is 5.69 Å². The summed E-state index contributed by atoms with van der Waals surface area (Å²) in [6.07, 6.45) is 0. The Kier molecular flexibility index (Phi) is 3.04. The number of anilines is 1. The average molecular weight is 296 g/mol. The van der Waals surface area contributed by atoms with E-state index in [0.29, 0.717) is 17.5 Å². The summed E-state index contributed by atoms with van der Waals surface area (Å²) in [4.78, 5) is 14.9. The number of carbonyl (C=O) groups excluding carboxylic acids is 1. The highest BCUT2D eigenvalue weighted by Gasteiger charge is 2.39. The number of hydrogen-bond donors (Lipinski definition) is 1. The van der Waals surface area contributed by atoms with E-state index >= 15 is 0 Å². The highest BCUT2D eigenvalue weighted by molar-refractivity contribution is 6.05. The molecule has 1 aromatic carbocycles.